The lowest BCUT2D eigenvalue weighted by Crippen LogP contribution is -2.16. The van der Waals surface area contributed by atoms with Gasteiger partial charge in [-0.25, -0.2) is 17.6 Å². The fourth-order valence-electron chi connectivity index (χ4n) is 1.80. The molecule has 122 valence electrons. The lowest BCUT2D eigenvalue weighted by atomic mass is 10.2. The van der Waals surface area contributed by atoms with Crippen molar-refractivity contribution in [2.24, 2.45) is 0 Å². The SMILES string of the molecule is COc1ccc(Cl)cc1NS(=O)(=O)c1cc(C(=O)O)ccc1F. The molecule has 0 spiro atoms. The van der Waals surface area contributed by atoms with Crippen LogP contribution in [-0.2, 0) is 10.0 Å². The number of halogens is 2. The molecule has 0 aliphatic carbocycles. The number of aromatic carboxylic acids is 1. The van der Waals surface area contributed by atoms with E-state index in [9.17, 15) is 17.6 Å². The molecule has 0 fully saturated rings. The highest BCUT2D eigenvalue weighted by Gasteiger charge is 2.22. The van der Waals surface area contributed by atoms with Gasteiger partial charge in [0.1, 0.15) is 16.5 Å². The predicted octanol–water partition coefficient (Wildman–Crippen LogP) is 2.99. The van der Waals surface area contributed by atoms with Crippen LogP contribution in [0.25, 0.3) is 0 Å². The summed E-state index contributed by atoms with van der Waals surface area (Å²) < 4.78 is 45.6. The highest BCUT2D eigenvalue weighted by atomic mass is 35.5. The van der Waals surface area contributed by atoms with Gasteiger partial charge in [-0.2, -0.15) is 0 Å². The minimum atomic E-state index is -4.38. The first-order valence-electron chi connectivity index (χ1n) is 6.14. The third-order valence-corrected chi connectivity index (χ3v) is 4.49. The Labute approximate surface area is 136 Å². The largest absolute Gasteiger partial charge is 0.495 e. The Hall–Kier alpha value is -2.32. The van der Waals surface area contributed by atoms with Gasteiger partial charge >= 0.3 is 5.97 Å². The first-order valence-corrected chi connectivity index (χ1v) is 8.00. The molecule has 9 heteroatoms. The van der Waals surface area contributed by atoms with Gasteiger partial charge in [0.25, 0.3) is 10.0 Å². The van der Waals surface area contributed by atoms with E-state index in [1.807, 2.05) is 0 Å². The van der Waals surface area contributed by atoms with Crippen molar-refractivity contribution in [3.63, 3.8) is 0 Å². The van der Waals surface area contributed by atoms with E-state index in [2.05, 4.69) is 4.72 Å². The Kier molecular flexibility index (Phi) is 4.76. The number of carboxylic acid groups (broad SMARTS) is 1. The maximum Gasteiger partial charge on any atom is 0.335 e. The number of anilines is 1. The number of benzene rings is 2. The van der Waals surface area contributed by atoms with Crippen molar-refractivity contribution in [2.75, 3.05) is 11.8 Å². The zero-order chi connectivity index (χ0) is 17.2. The van der Waals surface area contributed by atoms with E-state index in [0.717, 1.165) is 18.2 Å². The van der Waals surface area contributed by atoms with Crippen molar-refractivity contribution < 1.29 is 27.4 Å². The Morgan fingerprint density at radius 3 is 2.57 bits per heavy atom. The Bertz CT molecular complexity index is 869. The van der Waals surface area contributed by atoms with Gasteiger partial charge in [-0.05, 0) is 36.4 Å². The molecular formula is C14H11ClFNO5S. The first kappa shape index (κ1) is 17.0. The number of hydrogen-bond donors (Lipinski definition) is 2. The summed E-state index contributed by atoms with van der Waals surface area (Å²) in [6.45, 7) is 0. The molecule has 2 N–H and O–H groups in total. The van der Waals surface area contributed by atoms with Crippen LogP contribution in [-0.4, -0.2) is 26.6 Å². The van der Waals surface area contributed by atoms with Gasteiger partial charge < -0.3 is 9.84 Å². The Morgan fingerprint density at radius 2 is 1.96 bits per heavy atom. The van der Waals surface area contributed by atoms with Crippen LogP contribution in [0.15, 0.2) is 41.3 Å². The molecule has 0 aliphatic rings. The number of nitrogens with one attached hydrogen (secondary N) is 1. The molecule has 2 aromatic carbocycles. The maximum atomic E-state index is 13.8. The lowest BCUT2D eigenvalue weighted by Gasteiger charge is -2.13. The average molecular weight is 360 g/mol. The van der Waals surface area contributed by atoms with Gasteiger partial charge in [-0.3, -0.25) is 4.72 Å². The monoisotopic (exact) mass is 359 g/mol. The molecule has 0 heterocycles. The lowest BCUT2D eigenvalue weighted by molar-refractivity contribution is 0.0696. The van der Waals surface area contributed by atoms with Crippen LogP contribution < -0.4 is 9.46 Å². The number of ether oxygens (including phenoxy) is 1. The van der Waals surface area contributed by atoms with E-state index in [-0.39, 0.29) is 22.0 Å². The molecule has 0 atom stereocenters. The van der Waals surface area contributed by atoms with Crippen LogP contribution in [0.5, 0.6) is 5.75 Å². The molecule has 2 aromatic rings. The molecule has 0 aromatic heterocycles. The van der Waals surface area contributed by atoms with Crippen molar-refractivity contribution in [1.29, 1.82) is 0 Å². The van der Waals surface area contributed by atoms with Gasteiger partial charge in [0.05, 0.1) is 18.4 Å². The van der Waals surface area contributed by atoms with E-state index in [1.165, 1.54) is 25.3 Å². The van der Waals surface area contributed by atoms with Crippen LogP contribution in [0.3, 0.4) is 0 Å². The molecule has 0 unspecified atom stereocenters. The summed E-state index contributed by atoms with van der Waals surface area (Å²) in [5.41, 5.74) is -0.357. The molecule has 0 saturated heterocycles. The fraction of sp³-hybridized carbons (Fsp3) is 0.0714. The molecule has 6 nitrogen and oxygen atoms in total. The number of methoxy groups -OCH3 is 1. The van der Waals surface area contributed by atoms with E-state index < -0.39 is 26.7 Å². The molecule has 0 aliphatic heterocycles. The highest BCUT2D eigenvalue weighted by molar-refractivity contribution is 7.92. The number of hydrogen-bond acceptors (Lipinski definition) is 4. The summed E-state index contributed by atoms with van der Waals surface area (Å²) >= 11 is 5.80. The number of rotatable bonds is 5. The topological polar surface area (TPSA) is 92.7 Å². The van der Waals surface area contributed by atoms with Crippen molar-refractivity contribution in [1.82, 2.24) is 0 Å². The second-order valence-electron chi connectivity index (χ2n) is 4.40. The molecular weight excluding hydrogens is 349 g/mol. The maximum absolute atomic E-state index is 13.8. The molecule has 0 amide bonds. The van der Waals surface area contributed by atoms with Crippen molar-refractivity contribution in [2.45, 2.75) is 4.90 Å². The molecule has 0 saturated carbocycles. The van der Waals surface area contributed by atoms with Gasteiger partial charge in [0.2, 0.25) is 0 Å². The molecule has 0 bridgehead atoms. The van der Waals surface area contributed by atoms with Crippen LogP contribution in [0.1, 0.15) is 10.4 Å². The van der Waals surface area contributed by atoms with Crippen LogP contribution in [0.4, 0.5) is 10.1 Å². The van der Waals surface area contributed by atoms with E-state index in [4.69, 9.17) is 21.4 Å². The molecule has 2 rings (SSSR count). The zero-order valence-electron chi connectivity index (χ0n) is 11.7. The number of carboxylic acids is 1. The minimum Gasteiger partial charge on any atom is -0.495 e. The fourth-order valence-corrected chi connectivity index (χ4v) is 3.14. The summed E-state index contributed by atoms with van der Waals surface area (Å²) in [6, 6.07) is 6.69. The zero-order valence-corrected chi connectivity index (χ0v) is 13.3. The standard InChI is InChI=1S/C14H11ClFNO5S/c1-22-12-5-3-9(15)7-11(12)17-23(20,21)13-6-8(14(18)19)2-4-10(13)16/h2-7,17H,1H3,(H,18,19). The van der Waals surface area contributed by atoms with E-state index in [1.54, 1.807) is 0 Å². The summed E-state index contributed by atoms with van der Waals surface area (Å²) in [5.74, 6) is -2.28. The smallest absolute Gasteiger partial charge is 0.335 e. The van der Waals surface area contributed by atoms with Crippen molar-refractivity contribution >= 4 is 33.3 Å². The highest BCUT2D eigenvalue weighted by Crippen LogP contribution is 2.30. The summed E-state index contributed by atoms with van der Waals surface area (Å²) in [4.78, 5) is 10.1. The second-order valence-corrected chi connectivity index (χ2v) is 6.49. The number of carbonyl (C=O) groups is 1. The average Bonchev–Trinajstić information content (AvgIpc) is 2.47. The van der Waals surface area contributed by atoms with E-state index >= 15 is 0 Å². The molecule has 23 heavy (non-hydrogen) atoms. The van der Waals surface area contributed by atoms with Crippen LogP contribution in [0, 0.1) is 5.82 Å². The van der Waals surface area contributed by atoms with E-state index in [0.29, 0.717) is 0 Å². The van der Waals surface area contributed by atoms with Gasteiger partial charge in [-0.1, -0.05) is 11.6 Å². The summed E-state index contributed by atoms with van der Waals surface area (Å²) in [7, 11) is -3.05. The summed E-state index contributed by atoms with van der Waals surface area (Å²) in [5, 5.41) is 9.14. The van der Waals surface area contributed by atoms with Gasteiger partial charge in [-0.15, -0.1) is 0 Å². The summed E-state index contributed by atoms with van der Waals surface area (Å²) in [6.07, 6.45) is 0. The normalized spacial score (nSPS) is 11.1. The third kappa shape index (κ3) is 3.72. The molecule has 0 radical (unpaired) electrons. The Balaban J connectivity index is 2.50. The minimum absolute atomic E-state index is 0.000119. The van der Waals surface area contributed by atoms with Crippen LogP contribution in [0.2, 0.25) is 5.02 Å². The Morgan fingerprint density at radius 1 is 1.26 bits per heavy atom. The van der Waals surface area contributed by atoms with Gasteiger partial charge in [0.15, 0.2) is 0 Å². The third-order valence-electron chi connectivity index (χ3n) is 2.87. The first-order chi connectivity index (χ1) is 10.7. The number of sulfonamides is 1. The predicted molar refractivity (Wildman–Crippen MR) is 82.2 cm³/mol. The van der Waals surface area contributed by atoms with Crippen LogP contribution >= 0.6 is 11.6 Å². The van der Waals surface area contributed by atoms with Crippen molar-refractivity contribution in [3.8, 4) is 5.75 Å². The quantitative estimate of drug-likeness (QED) is 0.856. The second kappa shape index (κ2) is 6.43. The van der Waals surface area contributed by atoms with Gasteiger partial charge in [0, 0.05) is 5.02 Å². The van der Waals surface area contributed by atoms with Crippen molar-refractivity contribution in [3.05, 3.63) is 52.8 Å².